The van der Waals surface area contributed by atoms with Crippen molar-refractivity contribution in [2.24, 2.45) is 0 Å². The molecular formula is C27H30F2N4O3. The predicted octanol–water partition coefficient (Wildman–Crippen LogP) is 5.83. The molecule has 4 rings (SSSR count). The van der Waals surface area contributed by atoms with Gasteiger partial charge in [-0.25, -0.2) is 18.3 Å². The molecule has 3 aromatic rings. The van der Waals surface area contributed by atoms with Crippen LogP contribution in [-0.2, 0) is 4.74 Å². The van der Waals surface area contributed by atoms with Gasteiger partial charge in [0.05, 0.1) is 23.1 Å². The lowest BCUT2D eigenvalue weighted by atomic mass is 9.90. The lowest BCUT2D eigenvalue weighted by molar-refractivity contribution is 0.0203. The van der Waals surface area contributed by atoms with E-state index < -0.39 is 23.1 Å². The van der Waals surface area contributed by atoms with Gasteiger partial charge in [0.1, 0.15) is 17.2 Å². The fraction of sp³-hybridized carbons (Fsp3) is 0.370. The standard InChI is InChI=1S/C27H30F2N4O3/c1-17-8-9-20(15-23(17)29)31-25(34)22-16-30-33(21-7-5-6-19(28)14-21)24(22)18-10-12-32(13-11-18)26(35)36-27(2,3)4/h5-9,14-16,18H,10-13H2,1-4H3,(H,31,34). The van der Waals surface area contributed by atoms with E-state index in [0.29, 0.717) is 54.1 Å². The molecule has 2 amide bonds. The maximum absolute atomic E-state index is 14.0. The van der Waals surface area contributed by atoms with Gasteiger partial charge in [-0.05, 0) is 76.4 Å². The number of carbonyl (C=O) groups excluding carboxylic acids is 2. The van der Waals surface area contributed by atoms with Gasteiger partial charge in [-0.1, -0.05) is 12.1 Å². The summed E-state index contributed by atoms with van der Waals surface area (Å²) < 4.78 is 35.1. The number of nitrogens with zero attached hydrogens (tertiary/aromatic N) is 3. The molecule has 0 bridgehead atoms. The van der Waals surface area contributed by atoms with Gasteiger partial charge < -0.3 is 15.0 Å². The average Bonchev–Trinajstić information content (AvgIpc) is 3.26. The Hall–Kier alpha value is -3.75. The molecule has 1 aliphatic heterocycles. The summed E-state index contributed by atoms with van der Waals surface area (Å²) in [7, 11) is 0. The fourth-order valence-electron chi connectivity index (χ4n) is 4.27. The predicted molar refractivity (Wildman–Crippen MR) is 132 cm³/mol. The molecule has 36 heavy (non-hydrogen) atoms. The van der Waals surface area contributed by atoms with E-state index in [1.807, 2.05) is 20.8 Å². The molecule has 1 N–H and O–H groups in total. The minimum atomic E-state index is -0.593. The largest absolute Gasteiger partial charge is 0.444 e. The first-order valence-electron chi connectivity index (χ1n) is 11.9. The van der Waals surface area contributed by atoms with Crippen LogP contribution in [-0.4, -0.2) is 45.4 Å². The molecule has 190 valence electrons. The summed E-state index contributed by atoms with van der Waals surface area (Å²) in [5.74, 6) is -1.40. The third-order valence-electron chi connectivity index (χ3n) is 6.07. The number of ether oxygens (including phenoxy) is 1. The molecular weight excluding hydrogens is 466 g/mol. The Morgan fingerprint density at radius 1 is 1.08 bits per heavy atom. The molecule has 1 fully saturated rings. The summed E-state index contributed by atoms with van der Waals surface area (Å²) in [6, 6.07) is 10.5. The van der Waals surface area contributed by atoms with E-state index in [9.17, 15) is 18.4 Å². The monoisotopic (exact) mass is 496 g/mol. The Kier molecular flexibility index (Phi) is 7.10. The van der Waals surface area contributed by atoms with Crippen LogP contribution >= 0.6 is 0 Å². The van der Waals surface area contributed by atoms with E-state index in [1.165, 1.54) is 24.4 Å². The number of hydrogen-bond acceptors (Lipinski definition) is 4. The molecule has 0 unspecified atom stereocenters. The molecule has 7 nitrogen and oxygen atoms in total. The molecule has 0 saturated carbocycles. The van der Waals surface area contributed by atoms with Crippen LogP contribution < -0.4 is 5.32 Å². The summed E-state index contributed by atoms with van der Waals surface area (Å²) >= 11 is 0. The van der Waals surface area contributed by atoms with E-state index in [4.69, 9.17) is 4.74 Å². The number of halogens is 2. The van der Waals surface area contributed by atoms with Crippen LogP contribution in [0.25, 0.3) is 5.69 Å². The van der Waals surface area contributed by atoms with Gasteiger partial charge >= 0.3 is 6.09 Å². The number of benzene rings is 2. The number of amides is 2. The first-order chi connectivity index (χ1) is 17.0. The van der Waals surface area contributed by atoms with E-state index in [2.05, 4.69) is 10.4 Å². The SMILES string of the molecule is Cc1ccc(NC(=O)c2cnn(-c3cccc(F)c3)c2C2CCN(C(=O)OC(C)(C)C)CC2)cc1F. The molecule has 9 heteroatoms. The third kappa shape index (κ3) is 5.72. The third-order valence-corrected chi connectivity index (χ3v) is 6.07. The second-order valence-corrected chi connectivity index (χ2v) is 9.99. The number of nitrogens with one attached hydrogen (secondary N) is 1. The molecule has 0 radical (unpaired) electrons. The van der Waals surface area contributed by atoms with Crippen molar-refractivity contribution in [3.05, 3.63) is 77.1 Å². The van der Waals surface area contributed by atoms with Crippen molar-refractivity contribution in [2.75, 3.05) is 18.4 Å². The maximum Gasteiger partial charge on any atom is 0.410 e. The van der Waals surface area contributed by atoms with Crippen LogP contribution in [0, 0.1) is 18.6 Å². The van der Waals surface area contributed by atoms with Gasteiger partial charge in [0, 0.05) is 24.7 Å². The van der Waals surface area contributed by atoms with Gasteiger partial charge in [0.2, 0.25) is 0 Å². The number of aryl methyl sites for hydroxylation is 1. The van der Waals surface area contributed by atoms with Crippen molar-refractivity contribution in [2.45, 2.75) is 52.1 Å². The zero-order valence-corrected chi connectivity index (χ0v) is 20.8. The summed E-state index contributed by atoms with van der Waals surface area (Å²) in [5.41, 5.74) is 1.63. The quantitative estimate of drug-likeness (QED) is 0.493. The lowest BCUT2D eigenvalue weighted by Gasteiger charge is -2.34. The van der Waals surface area contributed by atoms with Crippen LogP contribution in [0.5, 0.6) is 0 Å². The van der Waals surface area contributed by atoms with Crippen LogP contribution in [0.1, 0.15) is 61.1 Å². The topological polar surface area (TPSA) is 76.5 Å². The van der Waals surface area contributed by atoms with Gasteiger partial charge in [-0.2, -0.15) is 5.10 Å². The van der Waals surface area contributed by atoms with Gasteiger partial charge in [0.25, 0.3) is 5.91 Å². The van der Waals surface area contributed by atoms with Crippen LogP contribution in [0.4, 0.5) is 19.3 Å². The number of piperidine rings is 1. The number of anilines is 1. The Balaban J connectivity index is 1.62. The number of aromatic nitrogens is 2. The van der Waals surface area contributed by atoms with E-state index in [1.54, 1.807) is 40.8 Å². The van der Waals surface area contributed by atoms with Crippen LogP contribution in [0.3, 0.4) is 0 Å². The van der Waals surface area contributed by atoms with Crippen LogP contribution in [0.2, 0.25) is 0 Å². The number of hydrogen-bond donors (Lipinski definition) is 1. The Bertz CT molecular complexity index is 1270. The zero-order chi connectivity index (χ0) is 26.0. The summed E-state index contributed by atoms with van der Waals surface area (Å²) in [5, 5.41) is 7.15. The van der Waals surface area contributed by atoms with Gasteiger partial charge in [-0.15, -0.1) is 0 Å². The van der Waals surface area contributed by atoms with E-state index in [0.717, 1.165) is 0 Å². The minimum absolute atomic E-state index is 0.120. The van der Waals surface area contributed by atoms with E-state index in [-0.39, 0.29) is 12.0 Å². The van der Waals surface area contributed by atoms with Crippen molar-refractivity contribution in [3.8, 4) is 5.69 Å². The zero-order valence-electron chi connectivity index (χ0n) is 20.8. The molecule has 2 aromatic carbocycles. The van der Waals surface area contributed by atoms with Crippen LogP contribution in [0.15, 0.2) is 48.7 Å². The average molecular weight is 497 g/mol. The first kappa shape index (κ1) is 25.3. The second-order valence-electron chi connectivity index (χ2n) is 9.99. The highest BCUT2D eigenvalue weighted by Crippen LogP contribution is 2.33. The Morgan fingerprint density at radius 3 is 2.44 bits per heavy atom. The summed E-state index contributed by atoms with van der Waals surface area (Å²) in [4.78, 5) is 27.4. The number of carbonyl (C=O) groups is 2. The number of likely N-dealkylation sites (tertiary alicyclic amines) is 1. The normalized spacial score (nSPS) is 14.6. The maximum atomic E-state index is 14.0. The van der Waals surface area contributed by atoms with Gasteiger partial charge in [-0.3, -0.25) is 4.79 Å². The summed E-state index contributed by atoms with van der Waals surface area (Å²) in [6.45, 7) is 7.99. The Labute approximate surface area is 209 Å². The highest BCUT2D eigenvalue weighted by Gasteiger charge is 2.32. The van der Waals surface area contributed by atoms with Gasteiger partial charge in [0.15, 0.2) is 0 Å². The molecule has 0 atom stereocenters. The lowest BCUT2D eigenvalue weighted by Crippen LogP contribution is -2.41. The van der Waals surface area contributed by atoms with E-state index >= 15 is 0 Å². The first-order valence-corrected chi connectivity index (χ1v) is 11.9. The molecule has 1 aliphatic rings. The van der Waals surface area contributed by atoms with Crippen molar-refractivity contribution in [3.63, 3.8) is 0 Å². The highest BCUT2D eigenvalue weighted by atomic mass is 19.1. The summed E-state index contributed by atoms with van der Waals surface area (Å²) in [6.07, 6.45) is 2.21. The highest BCUT2D eigenvalue weighted by molar-refractivity contribution is 6.05. The Morgan fingerprint density at radius 2 is 1.81 bits per heavy atom. The molecule has 1 aromatic heterocycles. The smallest absolute Gasteiger partial charge is 0.410 e. The molecule has 1 saturated heterocycles. The second kappa shape index (κ2) is 10.1. The molecule has 0 aliphatic carbocycles. The fourth-order valence-corrected chi connectivity index (χ4v) is 4.27. The van der Waals surface area contributed by atoms with Crippen molar-refractivity contribution >= 4 is 17.7 Å². The van der Waals surface area contributed by atoms with Crippen molar-refractivity contribution < 1.29 is 23.1 Å². The number of rotatable bonds is 4. The minimum Gasteiger partial charge on any atom is -0.444 e. The van der Waals surface area contributed by atoms with Crippen molar-refractivity contribution in [1.29, 1.82) is 0 Å². The van der Waals surface area contributed by atoms with Crippen molar-refractivity contribution in [1.82, 2.24) is 14.7 Å². The molecule has 0 spiro atoms. The molecule has 2 heterocycles.